The van der Waals surface area contributed by atoms with Crippen molar-refractivity contribution in [2.45, 2.75) is 0 Å². The van der Waals surface area contributed by atoms with Gasteiger partial charge in [-0.15, -0.1) is 0 Å². The molecule has 22 heavy (non-hydrogen) atoms. The van der Waals surface area contributed by atoms with Crippen molar-refractivity contribution >= 4 is 11.6 Å². The normalized spacial score (nSPS) is 10.2. The van der Waals surface area contributed by atoms with Gasteiger partial charge in [0, 0.05) is 16.8 Å². The average Bonchev–Trinajstić information content (AvgIpc) is 2.55. The summed E-state index contributed by atoms with van der Waals surface area (Å²) in [5, 5.41) is 9.84. The number of benzene rings is 2. The van der Waals surface area contributed by atoms with Gasteiger partial charge >= 0.3 is 0 Å². The Labute approximate surface area is 132 Å². The van der Waals surface area contributed by atoms with Gasteiger partial charge < -0.3 is 4.98 Å². The highest BCUT2D eigenvalue weighted by molar-refractivity contribution is 6.31. The Kier molecular flexibility index (Phi) is 3.78. The summed E-state index contributed by atoms with van der Waals surface area (Å²) in [7, 11) is 0. The van der Waals surface area contributed by atoms with E-state index in [4.69, 9.17) is 11.6 Å². The number of aromatic nitrogens is 1. The fourth-order valence-corrected chi connectivity index (χ4v) is 2.60. The van der Waals surface area contributed by atoms with Crippen molar-refractivity contribution < 1.29 is 0 Å². The standard InChI is InChI=1S/C18H11ClN2O/c19-14-7-6-13(11-20)16(10-14)15-8-9-21-18(22)17(15)12-4-2-1-3-5-12/h1-10H,(H,21,22). The Balaban J connectivity index is 2.35. The number of pyridine rings is 1. The fraction of sp³-hybridized carbons (Fsp3) is 0. The van der Waals surface area contributed by atoms with Gasteiger partial charge in [-0.1, -0.05) is 41.9 Å². The molecule has 0 spiro atoms. The first-order valence-corrected chi connectivity index (χ1v) is 7.05. The van der Waals surface area contributed by atoms with Crippen molar-refractivity contribution in [2.75, 3.05) is 0 Å². The number of nitriles is 1. The molecule has 0 fully saturated rings. The van der Waals surface area contributed by atoms with Crippen LogP contribution in [0.5, 0.6) is 0 Å². The summed E-state index contributed by atoms with van der Waals surface area (Å²) < 4.78 is 0. The number of aromatic amines is 1. The third kappa shape index (κ3) is 2.52. The maximum atomic E-state index is 12.3. The predicted molar refractivity (Wildman–Crippen MR) is 87.7 cm³/mol. The fourth-order valence-electron chi connectivity index (χ4n) is 2.43. The largest absolute Gasteiger partial charge is 0.329 e. The molecule has 0 amide bonds. The third-order valence-corrected chi connectivity index (χ3v) is 3.65. The summed E-state index contributed by atoms with van der Waals surface area (Å²) in [6, 6.07) is 18.3. The van der Waals surface area contributed by atoms with Crippen LogP contribution in [0.4, 0.5) is 0 Å². The van der Waals surface area contributed by atoms with E-state index < -0.39 is 0 Å². The second-order valence-corrected chi connectivity index (χ2v) is 5.20. The van der Waals surface area contributed by atoms with E-state index in [0.717, 1.165) is 5.56 Å². The Morgan fingerprint density at radius 1 is 1.00 bits per heavy atom. The zero-order valence-corrected chi connectivity index (χ0v) is 12.3. The molecule has 0 aliphatic rings. The van der Waals surface area contributed by atoms with Crippen LogP contribution >= 0.6 is 11.6 Å². The Morgan fingerprint density at radius 2 is 1.77 bits per heavy atom. The molecule has 0 aliphatic heterocycles. The van der Waals surface area contributed by atoms with Crippen LogP contribution < -0.4 is 5.56 Å². The Bertz CT molecular complexity index is 924. The van der Waals surface area contributed by atoms with Crippen LogP contribution in [0.3, 0.4) is 0 Å². The number of hydrogen-bond acceptors (Lipinski definition) is 2. The molecule has 0 radical (unpaired) electrons. The van der Waals surface area contributed by atoms with Gasteiger partial charge in [0.15, 0.2) is 0 Å². The Hall–Kier alpha value is -2.83. The SMILES string of the molecule is N#Cc1ccc(Cl)cc1-c1cc[nH]c(=O)c1-c1ccccc1. The van der Waals surface area contributed by atoms with Crippen molar-refractivity contribution in [3.05, 3.63) is 81.7 Å². The Morgan fingerprint density at radius 3 is 2.50 bits per heavy atom. The van der Waals surface area contributed by atoms with Gasteiger partial charge in [0.25, 0.3) is 5.56 Å². The minimum absolute atomic E-state index is 0.201. The van der Waals surface area contributed by atoms with Crippen molar-refractivity contribution in [3.63, 3.8) is 0 Å². The molecule has 0 aliphatic carbocycles. The van der Waals surface area contributed by atoms with E-state index in [1.807, 2.05) is 30.3 Å². The van der Waals surface area contributed by atoms with Gasteiger partial charge in [-0.2, -0.15) is 5.26 Å². The molecule has 0 unspecified atom stereocenters. The van der Waals surface area contributed by atoms with Crippen LogP contribution in [0.2, 0.25) is 5.02 Å². The molecule has 2 aromatic carbocycles. The molecular weight excluding hydrogens is 296 g/mol. The molecule has 0 saturated carbocycles. The van der Waals surface area contributed by atoms with E-state index in [1.165, 1.54) is 0 Å². The van der Waals surface area contributed by atoms with Crippen LogP contribution in [0.1, 0.15) is 5.56 Å². The summed E-state index contributed by atoms with van der Waals surface area (Å²) in [4.78, 5) is 15.0. The molecule has 1 heterocycles. The second kappa shape index (κ2) is 5.88. The number of nitrogens with zero attached hydrogens (tertiary/aromatic N) is 1. The van der Waals surface area contributed by atoms with Crippen molar-refractivity contribution in [2.24, 2.45) is 0 Å². The van der Waals surface area contributed by atoms with E-state index in [1.54, 1.807) is 30.5 Å². The molecule has 3 rings (SSSR count). The molecule has 0 atom stereocenters. The van der Waals surface area contributed by atoms with Gasteiger partial charge in [0.05, 0.1) is 17.2 Å². The van der Waals surface area contributed by atoms with Crippen molar-refractivity contribution in [1.82, 2.24) is 4.98 Å². The first-order valence-electron chi connectivity index (χ1n) is 6.68. The molecule has 0 bridgehead atoms. The summed E-state index contributed by atoms with van der Waals surface area (Å²) in [6.07, 6.45) is 1.58. The highest BCUT2D eigenvalue weighted by atomic mass is 35.5. The van der Waals surface area contributed by atoms with Crippen LogP contribution in [0.25, 0.3) is 22.3 Å². The van der Waals surface area contributed by atoms with Gasteiger partial charge in [-0.3, -0.25) is 4.79 Å². The zero-order chi connectivity index (χ0) is 15.5. The smallest absolute Gasteiger partial charge is 0.256 e. The van der Waals surface area contributed by atoms with Crippen LogP contribution in [0, 0.1) is 11.3 Å². The van der Waals surface area contributed by atoms with Gasteiger partial charge in [-0.25, -0.2) is 0 Å². The monoisotopic (exact) mass is 306 g/mol. The van der Waals surface area contributed by atoms with E-state index in [-0.39, 0.29) is 5.56 Å². The van der Waals surface area contributed by atoms with Gasteiger partial charge in [-0.05, 0) is 35.4 Å². The van der Waals surface area contributed by atoms with Crippen molar-refractivity contribution in [1.29, 1.82) is 5.26 Å². The first-order chi connectivity index (χ1) is 10.7. The first kappa shape index (κ1) is 14.1. The maximum absolute atomic E-state index is 12.3. The molecule has 3 nitrogen and oxygen atoms in total. The molecule has 0 saturated heterocycles. The molecule has 1 aromatic heterocycles. The minimum atomic E-state index is -0.201. The number of hydrogen-bond donors (Lipinski definition) is 1. The number of nitrogens with one attached hydrogen (secondary N) is 1. The number of halogens is 1. The van der Waals surface area contributed by atoms with Crippen molar-refractivity contribution in [3.8, 4) is 28.3 Å². The van der Waals surface area contributed by atoms with E-state index >= 15 is 0 Å². The zero-order valence-electron chi connectivity index (χ0n) is 11.5. The molecule has 1 N–H and O–H groups in total. The summed E-state index contributed by atoms with van der Waals surface area (Å²) in [6.45, 7) is 0. The quantitative estimate of drug-likeness (QED) is 0.770. The van der Waals surface area contributed by atoms with E-state index in [9.17, 15) is 10.1 Å². The molecule has 3 aromatic rings. The van der Waals surface area contributed by atoms with Crippen LogP contribution in [0.15, 0.2) is 65.6 Å². The second-order valence-electron chi connectivity index (χ2n) is 4.76. The number of H-pyrrole nitrogens is 1. The highest BCUT2D eigenvalue weighted by Crippen LogP contribution is 2.32. The lowest BCUT2D eigenvalue weighted by Gasteiger charge is -2.10. The highest BCUT2D eigenvalue weighted by Gasteiger charge is 2.14. The van der Waals surface area contributed by atoms with E-state index in [0.29, 0.717) is 27.3 Å². The summed E-state index contributed by atoms with van der Waals surface area (Å²) >= 11 is 6.07. The molecule has 4 heteroatoms. The minimum Gasteiger partial charge on any atom is -0.329 e. The lowest BCUT2D eigenvalue weighted by molar-refractivity contribution is 1.24. The summed E-state index contributed by atoms with van der Waals surface area (Å²) in [5.74, 6) is 0. The van der Waals surface area contributed by atoms with Crippen LogP contribution in [-0.2, 0) is 0 Å². The van der Waals surface area contributed by atoms with Crippen LogP contribution in [-0.4, -0.2) is 4.98 Å². The third-order valence-electron chi connectivity index (χ3n) is 3.42. The molecule has 106 valence electrons. The predicted octanol–water partition coefficient (Wildman–Crippen LogP) is 4.23. The topological polar surface area (TPSA) is 56.6 Å². The summed E-state index contributed by atoms with van der Waals surface area (Å²) in [5.41, 5.74) is 2.94. The molecular formula is C18H11ClN2O. The maximum Gasteiger partial charge on any atom is 0.256 e. The lowest BCUT2D eigenvalue weighted by atomic mass is 9.93. The number of rotatable bonds is 2. The average molecular weight is 307 g/mol. The van der Waals surface area contributed by atoms with Gasteiger partial charge in [0.1, 0.15) is 0 Å². The van der Waals surface area contributed by atoms with Gasteiger partial charge in [0.2, 0.25) is 0 Å². The van der Waals surface area contributed by atoms with E-state index in [2.05, 4.69) is 11.1 Å². The lowest BCUT2D eigenvalue weighted by Crippen LogP contribution is -2.09.